The van der Waals surface area contributed by atoms with Crippen LogP contribution in [0.2, 0.25) is 0 Å². The average Bonchev–Trinajstić information content (AvgIpc) is 1.79. The zero-order chi connectivity index (χ0) is 9.07. The molecule has 0 aromatic rings. The minimum atomic E-state index is -3.30. The second-order valence-corrected chi connectivity index (χ2v) is 4.76. The molecule has 0 aromatic heterocycles. The van der Waals surface area contributed by atoms with Crippen LogP contribution in [-0.2, 0) is 9.84 Å². The maximum Gasteiger partial charge on any atom is 0.152 e. The molecule has 0 bridgehead atoms. The standard InChI is InChI=1S/C5H13NO4S/c1-11(9,10)4(3-7)2-5(6)8/h4-5,7-8H,2-3,6H2,1H3. The van der Waals surface area contributed by atoms with E-state index >= 15 is 0 Å². The monoisotopic (exact) mass is 183 g/mol. The van der Waals surface area contributed by atoms with Gasteiger partial charge in [-0.15, -0.1) is 0 Å². The normalized spacial score (nSPS) is 17.8. The molecule has 0 amide bonds. The second-order valence-electron chi connectivity index (χ2n) is 2.44. The molecule has 0 spiro atoms. The molecule has 5 nitrogen and oxygen atoms in total. The van der Waals surface area contributed by atoms with Crippen LogP contribution in [0, 0.1) is 0 Å². The van der Waals surface area contributed by atoms with Crippen molar-refractivity contribution in [3.63, 3.8) is 0 Å². The third-order valence-corrected chi connectivity index (χ3v) is 2.87. The fourth-order valence-electron chi connectivity index (χ4n) is 0.654. The molecule has 0 radical (unpaired) electrons. The smallest absolute Gasteiger partial charge is 0.152 e. The fourth-order valence-corrected chi connectivity index (χ4v) is 1.47. The summed E-state index contributed by atoms with van der Waals surface area (Å²) >= 11 is 0. The average molecular weight is 183 g/mol. The van der Waals surface area contributed by atoms with Gasteiger partial charge in [0, 0.05) is 12.7 Å². The Morgan fingerprint density at radius 2 is 2.00 bits per heavy atom. The number of sulfone groups is 1. The number of aliphatic hydroxyl groups is 2. The number of hydrogen-bond donors (Lipinski definition) is 3. The van der Waals surface area contributed by atoms with Crippen molar-refractivity contribution in [2.24, 2.45) is 5.73 Å². The van der Waals surface area contributed by atoms with Gasteiger partial charge >= 0.3 is 0 Å². The van der Waals surface area contributed by atoms with Crippen LogP contribution in [0.4, 0.5) is 0 Å². The Morgan fingerprint density at radius 3 is 2.09 bits per heavy atom. The highest BCUT2D eigenvalue weighted by Crippen LogP contribution is 2.04. The summed E-state index contributed by atoms with van der Waals surface area (Å²) in [5.74, 6) is 0. The highest BCUT2D eigenvalue weighted by molar-refractivity contribution is 7.91. The van der Waals surface area contributed by atoms with Crippen molar-refractivity contribution in [1.29, 1.82) is 0 Å². The molecule has 0 aliphatic carbocycles. The number of nitrogens with two attached hydrogens (primary N) is 1. The third-order valence-electron chi connectivity index (χ3n) is 1.31. The summed E-state index contributed by atoms with van der Waals surface area (Å²) in [5.41, 5.74) is 4.95. The summed E-state index contributed by atoms with van der Waals surface area (Å²) in [6.45, 7) is -0.507. The number of hydrogen-bond acceptors (Lipinski definition) is 5. The second kappa shape index (κ2) is 4.01. The van der Waals surface area contributed by atoms with E-state index in [1.165, 1.54) is 0 Å². The van der Waals surface area contributed by atoms with Gasteiger partial charge in [-0.1, -0.05) is 0 Å². The van der Waals surface area contributed by atoms with Crippen LogP contribution in [0.25, 0.3) is 0 Å². The van der Waals surface area contributed by atoms with Crippen LogP contribution >= 0.6 is 0 Å². The summed E-state index contributed by atoms with van der Waals surface area (Å²) in [6, 6.07) is 0. The van der Waals surface area contributed by atoms with Gasteiger partial charge in [-0.05, 0) is 0 Å². The van der Waals surface area contributed by atoms with Crippen molar-refractivity contribution in [1.82, 2.24) is 0 Å². The van der Waals surface area contributed by atoms with Crippen molar-refractivity contribution >= 4 is 9.84 Å². The Hall–Kier alpha value is -0.170. The van der Waals surface area contributed by atoms with Gasteiger partial charge in [0.25, 0.3) is 0 Å². The molecule has 11 heavy (non-hydrogen) atoms. The van der Waals surface area contributed by atoms with E-state index in [1.807, 2.05) is 0 Å². The predicted octanol–water partition coefficient (Wildman–Crippen LogP) is -1.94. The Labute approximate surface area is 65.8 Å². The van der Waals surface area contributed by atoms with Crippen molar-refractivity contribution in [2.75, 3.05) is 12.9 Å². The van der Waals surface area contributed by atoms with Gasteiger partial charge in [0.15, 0.2) is 9.84 Å². The molecule has 0 aliphatic rings. The molecule has 0 saturated heterocycles. The molecule has 6 heteroatoms. The van der Waals surface area contributed by atoms with Gasteiger partial charge in [-0.2, -0.15) is 0 Å². The number of rotatable bonds is 4. The highest BCUT2D eigenvalue weighted by atomic mass is 32.2. The third kappa shape index (κ3) is 4.31. The zero-order valence-electron chi connectivity index (χ0n) is 6.27. The Morgan fingerprint density at radius 1 is 1.55 bits per heavy atom. The first-order valence-corrected chi connectivity index (χ1v) is 5.06. The molecule has 0 aromatic carbocycles. The minimum Gasteiger partial charge on any atom is -0.395 e. The summed E-state index contributed by atoms with van der Waals surface area (Å²) in [7, 11) is -3.30. The van der Waals surface area contributed by atoms with Gasteiger partial charge in [-0.25, -0.2) is 8.42 Å². The molecule has 4 N–H and O–H groups in total. The Balaban J connectivity index is 4.20. The lowest BCUT2D eigenvalue weighted by Gasteiger charge is -2.12. The van der Waals surface area contributed by atoms with Gasteiger partial charge in [0.2, 0.25) is 0 Å². The maximum absolute atomic E-state index is 10.8. The van der Waals surface area contributed by atoms with E-state index in [0.29, 0.717) is 0 Å². The van der Waals surface area contributed by atoms with Crippen molar-refractivity contribution in [3.8, 4) is 0 Å². The van der Waals surface area contributed by atoms with Gasteiger partial charge in [-0.3, -0.25) is 0 Å². The summed E-state index contributed by atoms with van der Waals surface area (Å²) < 4.78 is 21.5. The molecular formula is C5H13NO4S. The highest BCUT2D eigenvalue weighted by Gasteiger charge is 2.21. The van der Waals surface area contributed by atoms with E-state index in [-0.39, 0.29) is 6.42 Å². The fraction of sp³-hybridized carbons (Fsp3) is 1.00. The van der Waals surface area contributed by atoms with E-state index in [9.17, 15) is 8.42 Å². The quantitative estimate of drug-likeness (QED) is 0.440. The van der Waals surface area contributed by atoms with Crippen LogP contribution in [0.5, 0.6) is 0 Å². The minimum absolute atomic E-state index is 0.130. The largest absolute Gasteiger partial charge is 0.395 e. The summed E-state index contributed by atoms with van der Waals surface area (Å²) in [6.07, 6.45) is -0.326. The van der Waals surface area contributed by atoms with E-state index in [0.717, 1.165) is 6.26 Å². The van der Waals surface area contributed by atoms with Gasteiger partial charge < -0.3 is 15.9 Å². The van der Waals surface area contributed by atoms with E-state index in [1.54, 1.807) is 0 Å². The molecule has 0 heterocycles. The van der Waals surface area contributed by atoms with Crippen molar-refractivity contribution < 1.29 is 18.6 Å². The predicted molar refractivity (Wildman–Crippen MR) is 40.5 cm³/mol. The van der Waals surface area contributed by atoms with Crippen LogP contribution in [-0.4, -0.2) is 43.0 Å². The lowest BCUT2D eigenvalue weighted by molar-refractivity contribution is 0.157. The molecule has 2 atom stereocenters. The van der Waals surface area contributed by atoms with Crippen LogP contribution in [0.15, 0.2) is 0 Å². The van der Waals surface area contributed by atoms with Crippen molar-refractivity contribution in [3.05, 3.63) is 0 Å². The molecule has 0 aliphatic heterocycles. The van der Waals surface area contributed by atoms with E-state index in [4.69, 9.17) is 15.9 Å². The summed E-state index contributed by atoms with van der Waals surface area (Å²) in [5, 5.41) is 16.2. The lowest BCUT2D eigenvalue weighted by atomic mass is 10.3. The Bertz CT molecular complexity index is 199. The summed E-state index contributed by atoms with van der Waals surface area (Å²) in [4.78, 5) is 0. The maximum atomic E-state index is 10.8. The molecule has 2 unspecified atom stereocenters. The Kier molecular flexibility index (Phi) is 3.95. The molecule has 68 valence electrons. The molecule has 0 saturated carbocycles. The first-order chi connectivity index (χ1) is 4.88. The first kappa shape index (κ1) is 10.8. The molecular weight excluding hydrogens is 170 g/mol. The number of aliphatic hydroxyl groups excluding tert-OH is 2. The van der Waals surface area contributed by atoms with Crippen LogP contribution in [0.1, 0.15) is 6.42 Å². The van der Waals surface area contributed by atoms with Gasteiger partial charge in [0.05, 0.1) is 11.9 Å². The van der Waals surface area contributed by atoms with Crippen LogP contribution in [0.3, 0.4) is 0 Å². The topological polar surface area (TPSA) is 101 Å². The molecule has 0 rings (SSSR count). The SMILES string of the molecule is CS(=O)(=O)C(CO)CC(N)O. The lowest BCUT2D eigenvalue weighted by Crippen LogP contribution is -2.32. The van der Waals surface area contributed by atoms with Gasteiger partial charge in [0.1, 0.15) is 6.23 Å². The van der Waals surface area contributed by atoms with Crippen molar-refractivity contribution in [2.45, 2.75) is 17.9 Å². The molecule has 0 fully saturated rings. The zero-order valence-corrected chi connectivity index (χ0v) is 7.08. The van der Waals surface area contributed by atoms with E-state index in [2.05, 4.69) is 0 Å². The first-order valence-electron chi connectivity index (χ1n) is 3.11. The van der Waals surface area contributed by atoms with Crippen LogP contribution < -0.4 is 5.73 Å². The van der Waals surface area contributed by atoms with E-state index < -0.39 is 27.9 Å².